The molecule has 2 bridgehead atoms. The van der Waals surface area contributed by atoms with Crippen molar-refractivity contribution in [3.63, 3.8) is 0 Å². The van der Waals surface area contributed by atoms with Crippen molar-refractivity contribution in [2.24, 2.45) is 5.92 Å². The summed E-state index contributed by atoms with van der Waals surface area (Å²) in [7, 11) is 0. The summed E-state index contributed by atoms with van der Waals surface area (Å²) in [4.78, 5) is 2.31. The van der Waals surface area contributed by atoms with Gasteiger partial charge >= 0.3 is 0 Å². The second-order valence-electron chi connectivity index (χ2n) is 4.08. The molecular formula is C9H16FNO. The monoisotopic (exact) mass is 173 g/mol. The van der Waals surface area contributed by atoms with Crippen LogP contribution in [0.25, 0.3) is 0 Å². The zero-order valence-corrected chi connectivity index (χ0v) is 7.30. The van der Waals surface area contributed by atoms with E-state index in [0.29, 0.717) is 6.42 Å². The third-order valence-electron chi connectivity index (χ3n) is 3.34. The molecule has 3 unspecified atom stereocenters. The molecule has 2 rings (SSSR count). The third-order valence-corrected chi connectivity index (χ3v) is 3.34. The minimum Gasteiger partial charge on any atom is -0.393 e. The van der Waals surface area contributed by atoms with Gasteiger partial charge in [-0.3, -0.25) is 0 Å². The summed E-state index contributed by atoms with van der Waals surface area (Å²) in [6.07, 6.45) is 2.57. The van der Waals surface area contributed by atoms with Gasteiger partial charge in [0.25, 0.3) is 0 Å². The Morgan fingerprint density at radius 2 is 2.33 bits per heavy atom. The predicted octanol–water partition coefficient (Wildman–Crippen LogP) is 0.803. The smallest absolute Gasteiger partial charge is 0.139 e. The third kappa shape index (κ3) is 1.25. The Bertz CT molecular complexity index is 176. The second-order valence-corrected chi connectivity index (χ2v) is 4.08. The summed E-state index contributed by atoms with van der Waals surface area (Å²) in [6.45, 7) is 2.52. The molecule has 0 spiro atoms. The van der Waals surface area contributed by atoms with Crippen LogP contribution in [-0.4, -0.2) is 41.9 Å². The van der Waals surface area contributed by atoms with Crippen molar-refractivity contribution in [3.8, 4) is 0 Å². The molecule has 12 heavy (non-hydrogen) atoms. The molecule has 0 aromatic rings. The Morgan fingerprint density at radius 1 is 1.50 bits per heavy atom. The molecule has 0 radical (unpaired) electrons. The van der Waals surface area contributed by atoms with Gasteiger partial charge in [0, 0.05) is 19.0 Å². The summed E-state index contributed by atoms with van der Waals surface area (Å²) >= 11 is 0. The highest BCUT2D eigenvalue weighted by Crippen LogP contribution is 2.37. The quantitative estimate of drug-likeness (QED) is 0.634. The molecule has 0 aromatic carbocycles. The Kier molecular flexibility index (Phi) is 2.09. The molecule has 0 aliphatic carbocycles. The molecule has 2 heterocycles. The molecule has 0 aromatic heterocycles. The van der Waals surface area contributed by atoms with Gasteiger partial charge in [-0.2, -0.15) is 0 Å². The number of aliphatic hydroxyl groups excluding tert-OH is 1. The van der Waals surface area contributed by atoms with Crippen molar-refractivity contribution < 1.29 is 9.50 Å². The zero-order chi connectivity index (χ0) is 8.60. The molecule has 2 aliphatic heterocycles. The van der Waals surface area contributed by atoms with Gasteiger partial charge in [-0.1, -0.05) is 0 Å². The Balaban J connectivity index is 2.08. The van der Waals surface area contributed by atoms with E-state index in [-0.39, 0.29) is 12.5 Å². The predicted molar refractivity (Wildman–Crippen MR) is 44.7 cm³/mol. The molecule has 2 aliphatic rings. The van der Waals surface area contributed by atoms with Gasteiger partial charge < -0.3 is 10.0 Å². The lowest BCUT2D eigenvalue weighted by atomic mass is 9.78. The molecule has 2 fully saturated rings. The van der Waals surface area contributed by atoms with Crippen LogP contribution >= 0.6 is 0 Å². The Hall–Kier alpha value is -0.150. The molecule has 1 N–H and O–H groups in total. The lowest BCUT2D eigenvalue weighted by Gasteiger charge is -2.45. The van der Waals surface area contributed by atoms with Gasteiger partial charge in [0.2, 0.25) is 0 Å². The van der Waals surface area contributed by atoms with E-state index in [1.165, 1.54) is 0 Å². The second kappa shape index (κ2) is 2.96. The van der Waals surface area contributed by atoms with E-state index in [9.17, 15) is 4.39 Å². The number of rotatable bonds is 1. The molecule has 2 nitrogen and oxygen atoms in total. The Labute approximate surface area is 72.4 Å². The fourth-order valence-electron chi connectivity index (χ4n) is 2.44. The van der Waals surface area contributed by atoms with Gasteiger partial charge in [0.05, 0.1) is 6.61 Å². The van der Waals surface area contributed by atoms with Crippen LogP contribution in [0.15, 0.2) is 0 Å². The lowest BCUT2D eigenvalue weighted by molar-refractivity contribution is -0.0612. The van der Waals surface area contributed by atoms with Gasteiger partial charge in [0.1, 0.15) is 5.67 Å². The van der Waals surface area contributed by atoms with Crippen molar-refractivity contribution >= 4 is 0 Å². The van der Waals surface area contributed by atoms with Crippen molar-refractivity contribution in [2.45, 2.75) is 24.9 Å². The van der Waals surface area contributed by atoms with E-state index < -0.39 is 5.67 Å². The standard InChI is InChI=1S/C9H16FNO/c10-9(7-12)3-5-11-4-1-2-8(9)6-11/h8,12H,1-7H2. The van der Waals surface area contributed by atoms with Crippen LogP contribution in [0, 0.1) is 5.92 Å². The first-order chi connectivity index (χ1) is 5.74. The summed E-state index contributed by atoms with van der Waals surface area (Å²) in [6, 6.07) is 0. The average Bonchev–Trinajstić information content (AvgIpc) is 2.13. The number of aliphatic hydroxyl groups is 1. The summed E-state index contributed by atoms with van der Waals surface area (Å²) < 4.78 is 13.9. The number of halogens is 1. The molecule has 2 saturated heterocycles. The number of fused-ring (bicyclic) bond motifs is 2. The number of hydrogen-bond acceptors (Lipinski definition) is 2. The zero-order valence-electron chi connectivity index (χ0n) is 7.30. The van der Waals surface area contributed by atoms with Crippen LogP contribution in [0.2, 0.25) is 0 Å². The first kappa shape index (κ1) is 8.45. The van der Waals surface area contributed by atoms with Gasteiger partial charge in [0.15, 0.2) is 0 Å². The molecule has 70 valence electrons. The van der Waals surface area contributed by atoms with E-state index in [4.69, 9.17) is 5.11 Å². The maximum atomic E-state index is 13.9. The van der Waals surface area contributed by atoms with Crippen LogP contribution < -0.4 is 0 Å². The number of nitrogens with zero attached hydrogens (tertiary/aromatic N) is 1. The molecular weight excluding hydrogens is 157 g/mol. The fraction of sp³-hybridized carbons (Fsp3) is 1.00. The largest absolute Gasteiger partial charge is 0.393 e. The van der Waals surface area contributed by atoms with Crippen LogP contribution in [0.4, 0.5) is 4.39 Å². The first-order valence-electron chi connectivity index (χ1n) is 4.77. The number of piperidine rings is 2. The molecule has 0 amide bonds. The number of hydrogen-bond donors (Lipinski definition) is 1. The lowest BCUT2D eigenvalue weighted by Crippen LogP contribution is -2.54. The Morgan fingerprint density at radius 3 is 3.08 bits per heavy atom. The minimum absolute atomic E-state index is 0.0880. The van der Waals surface area contributed by atoms with E-state index in [2.05, 4.69) is 4.90 Å². The van der Waals surface area contributed by atoms with Crippen LogP contribution in [0.5, 0.6) is 0 Å². The first-order valence-corrected chi connectivity index (χ1v) is 4.77. The highest BCUT2D eigenvalue weighted by molar-refractivity contribution is 4.95. The van der Waals surface area contributed by atoms with Crippen LogP contribution in [0.1, 0.15) is 19.3 Å². The fourth-order valence-corrected chi connectivity index (χ4v) is 2.44. The van der Waals surface area contributed by atoms with Gasteiger partial charge in [-0.15, -0.1) is 0 Å². The van der Waals surface area contributed by atoms with Crippen molar-refractivity contribution in [2.75, 3.05) is 26.2 Å². The summed E-state index contributed by atoms with van der Waals surface area (Å²) in [5.41, 5.74) is -1.27. The normalized spacial score (nSPS) is 47.5. The van der Waals surface area contributed by atoms with E-state index in [0.717, 1.165) is 32.5 Å². The summed E-state index contributed by atoms with van der Waals surface area (Å²) in [5.74, 6) is 0.0880. The van der Waals surface area contributed by atoms with Crippen molar-refractivity contribution in [1.29, 1.82) is 0 Å². The van der Waals surface area contributed by atoms with E-state index in [1.807, 2.05) is 0 Å². The van der Waals surface area contributed by atoms with Crippen LogP contribution in [-0.2, 0) is 0 Å². The maximum Gasteiger partial charge on any atom is 0.139 e. The molecule has 3 atom stereocenters. The van der Waals surface area contributed by atoms with Crippen LogP contribution in [0.3, 0.4) is 0 Å². The maximum absolute atomic E-state index is 13.9. The van der Waals surface area contributed by atoms with Gasteiger partial charge in [-0.05, 0) is 25.8 Å². The molecule has 0 saturated carbocycles. The van der Waals surface area contributed by atoms with Crippen molar-refractivity contribution in [3.05, 3.63) is 0 Å². The van der Waals surface area contributed by atoms with Crippen molar-refractivity contribution in [1.82, 2.24) is 4.90 Å². The SMILES string of the molecule is OCC1(F)CCN2CCCC1C2. The minimum atomic E-state index is -1.27. The highest BCUT2D eigenvalue weighted by atomic mass is 19.1. The topological polar surface area (TPSA) is 23.5 Å². The average molecular weight is 173 g/mol. The summed E-state index contributed by atoms with van der Waals surface area (Å²) in [5, 5.41) is 8.97. The van der Waals surface area contributed by atoms with E-state index in [1.54, 1.807) is 0 Å². The number of alkyl halides is 1. The van der Waals surface area contributed by atoms with Gasteiger partial charge in [-0.25, -0.2) is 4.39 Å². The highest BCUT2D eigenvalue weighted by Gasteiger charge is 2.44. The van der Waals surface area contributed by atoms with E-state index >= 15 is 0 Å². The molecule has 3 heteroatoms.